The van der Waals surface area contributed by atoms with Gasteiger partial charge < -0.3 is 9.84 Å². The van der Waals surface area contributed by atoms with Crippen LogP contribution in [0, 0.1) is 5.92 Å². The molecule has 1 N–H and O–H groups in total. The highest BCUT2D eigenvalue weighted by atomic mass is 35.5. The molecule has 1 unspecified atom stereocenters. The summed E-state index contributed by atoms with van der Waals surface area (Å²) in [6.07, 6.45) is 0.668. The Balaban J connectivity index is 2.76. The molecule has 1 aromatic rings. The van der Waals surface area contributed by atoms with Crippen molar-refractivity contribution in [1.29, 1.82) is 0 Å². The van der Waals surface area contributed by atoms with Crippen LogP contribution in [-0.4, -0.2) is 24.6 Å². The van der Waals surface area contributed by atoms with Crippen LogP contribution < -0.4 is 4.74 Å². The van der Waals surface area contributed by atoms with Gasteiger partial charge in [0.25, 0.3) is 0 Å². The molecule has 0 fully saturated rings. The molecule has 0 aromatic heterocycles. The van der Waals surface area contributed by atoms with Crippen LogP contribution in [0.1, 0.15) is 17.3 Å². The Bertz CT molecular complexity index is 339. The summed E-state index contributed by atoms with van der Waals surface area (Å²) in [7, 11) is 0. The highest BCUT2D eigenvalue weighted by molar-refractivity contribution is 6.33. The molecular weight excluding hydrogens is 216 g/mol. The van der Waals surface area contributed by atoms with Crippen LogP contribution in [0.2, 0.25) is 5.02 Å². The Kier molecular flexibility index (Phi) is 4.59. The summed E-state index contributed by atoms with van der Waals surface area (Å²) in [6.45, 7) is 2.26. The molecule has 0 amide bonds. The minimum absolute atomic E-state index is 0.0310. The quantitative estimate of drug-likeness (QED) is 0.786. The molecule has 4 heteroatoms. The second-order valence-corrected chi connectivity index (χ2v) is 3.78. The highest BCUT2D eigenvalue weighted by Crippen LogP contribution is 2.24. The van der Waals surface area contributed by atoms with Gasteiger partial charge >= 0.3 is 0 Å². The van der Waals surface area contributed by atoms with E-state index in [1.807, 2.05) is 6.92 Å². The normalized spacial score (nSPS) is 12.2. The van der Waals surface area contributed by atoms with Crippen molar-refractivity contribution < 1.29 is 14.6 Å². The van der Waals surface area contributed by atoms with Crippen molar-refractivity contribution in [3.05, 3.63) is 28.8 Å². The molecule has 0 aliphatic rings. The van der Waals surface area contributed by atoms with E-state index in [4.69, 9.17) is 21.4 Å². The summed E-state index contributed by atoms with van der Waals surface area (Å²) in [5.41, 5.74) is 0.351. The van der Waals surface area contributed by atoms with Gasteiger partial charge in [-0.05, 0) is 12.1 Å². The molecule has 0 radical (unpaired) electrons. The number of hydrogen-bond acceptors (Lipinski definition) is 3. The molecule has 3 nitrogen and oxygen atoms in total. The van der Waals surface area contributed by atoms with Gasteiger partial charge in [0.2, 0.25) is 0 Å². The van der Waals surface area contributed by atoms with Crippen molar-refractivity contribution in [2.75, 3.05) is 13.2 Å². The Labute approximate surface area is 93.6 Å². The zero-order valence-electron chi connectivity index (χ0n) is 8.44. The third-order valence-corrected chi connectivity index (χ3v) is 2.30. The van der Waals surface area contributed by atoms with Crippen molar-refractivity contribution in [2.45, 2.75) is 6.92 Å². The molecule has 15 heavy (non-hydrogen) atoms. The number of hydrogen-bond donors (Lipinski definition) is 1. The second kappa shape index (κ2) is 5.73. The van der Waals surface area contributed by atoms with E-state index in [1.165, 1.54) is 0 Å². The van der Waals surface area contributed by atoms with E-state index >= 15 is 0 Å². The average molecular weight is 229 g/mol. The first kappa shape index (κ1) is 12.0. The monoisotopic (exact) mass is 228 g/mol. The van der Waals surface area contributed by atoms with E-state index in [0.29, 0.717) is 29.2 Å². The summed E-state index contributed by atoms with van der Waals surface area (Å²) in [4.78, 5) is 10.7. The third-order valence-electron chi connectivity index (χ3n) is 1.97. The SMILES string of the molecule is CC(CO)COc1cccc(Cl)c1C=O. The second-order valence-electron chi connectivity index (χ2n) is 3.37. The lowest BCUT2D eigenvalue weighted by Gasteiger charge is -2.12. The molecule has 0 heterocycles. The molecule has 0 aliphatic carbocycles. The maximum Gasteiger partial charge on any atom is 0.155 e. The van der Waals surface area contributed by atoms with Crippen LogP contribution in [0.25, 0.3) is 0 Å². The number of aliphatic hydroxyl groups excluding tert-OH is 1. The van der Waals surface area contributed by atoms with Crippen molar-refractivity contribution in [2.24, 2.45) is 5.92 Å². The van der Waals surface area contributed by atoms with Crippen LogP contribution in [0.3, 0.4) is 0 Å². The van der Waals surface area contributed by atoms with Gasteiger partial charge in [-0.15, -0.1) is 0 Å². The molecule has 1 rings (SSSR count). The van der Waals surface area contributed by atoms with E-state index in [-0.39, 0.29) is 12.5 Å². The standard InChI is InChI=1S/C11H13ClO3/c1-8(5-13)7-15-11-4-2-3-10(12)9(11)6-14/h2-4,6,8,13H,5,7H2,1H3. The Hall–Kier alpha value is -1.06. The van der Waals surface area contributed by atoms with Gasteiger partial charge in [-0.25, -0.2) is 0 Å². The molecule has 0 aliphatic heterocycles. The van der Waals surface area contributed by atoms with Crippen LogP contribution in [0.15, 0.2) is 18.2 Å². The number of aldehydes is 1. The Morgan fingerprint density at radius 3 is 2.93 bits per heavy atom. The summed E-state index contributed by atoms with van der Waals surface area (Å²) in [5.74, 6) is 0.487. The van der Waals surface area contributed by atoms with Gasteiger partial charge in [-0.2, -0.15) is 0 Å². The van der Waals surface area contributed by atoms with Crippen molar-refractivity contribution in [3.8, 4) is 5.75 Å². The van der Waals surface area contributed by atoms with E-state index in [0.717, 1.165) is 0 Å². The lowest BCUT2D eigenvalue weighted by Crippen LogP contribution is -2.12. The molecule has 0 spiro atoms. The molecule has 0 saturated heterocycles. The summed E-state index contributed by atoms with van der Waals surface area (Å²) in [5, 5.41) is 9.19. The van der Waals surface area contributed by atoms with Crippen LogP contribution in [0.5, 0.6) is 5.75 Å². The van der Waals surface area contributed by atoms with Gasteiger partial charge in [-0.1, -0.05) is 24.6 Å². The fourth-order valence-corrected chi connectivity index (χ4v) is 1.25. The first-order valence-electron chi connectivity index (χ1n) is 4.66. The number of carbonyl (C=O) groups excluding carboxylic acids is 1. The predicted molar refractivity (Wildman–Crippen MR) is 58.6 cm³/mol. The topological polar surface area (TPSA) is 46.5 Å². The predicted octanol–water partition coefficient (Wildman–Crippen LogP) is 2.16. The summed E-state index contributed by atoms with van der Waals surface area (Å²) in [6, 6.07) is 5.03. The van der Waals surface area contributed by atoms with E-state index < -0.39 is 0 Å². The number of ether oxygens (including phenoxy) is 1. The zero-order valence-corrected chi connectivity index (χ0v) is 9.20. The minimum Gasteiger partial charge on any atom is -0.492 e. The molecular formula is C11H13ClO3. The summed E-state index contributed by atoms with van der Waals surface area (Å²) < 4.78 is 5.39. The van der Waals surface area contributed by atoms with Gasteiger partial charge in [-0.3, -0.25) is 4.79 Å². The first-order valence-corrected chi connectivity index (χ1v) is 5.04. The number of rotatable bonds is 5. The van der Waals surface area contributed by atoms with Crippen LogP contribution in [0.4, 0.5) is 0 Å². The first-order chi connectivity index (χ1) is 7.19. The fraction of sp³-hybridized carbons (Fsp3) is 0.364. The van der Waals surface area contributed by atoms with Crippen LogP contribution in [-0.2, 0) is 0 Å². The van der Waals surface area contributed by atoms with Crippen molar-refractivity contribution in [3.63, 3.8) is 0 Å². The van der Waals surface area contributed by atoms with E-state index in [2.05, 4.69) is 0 Å². The number of benzene rings is 1. The third kappa shape index (κ3) is 3.22. The lowest BCUT2D eigenvalue weighted by atomic mass is 10.2. The Morgan fingerprint density at radius 1 is 1.60 bits per heavy atom. The number of aliphatic hydroxyl groups is 1. The van der Waals surface area contributed by atoms with Crippen LogP contribution >= 0.6 is 11.6 Å². The lowest BCUT2D eigenvalue weighted by molar-refractivity contribution is 0.111. The molecule has 0 saturated carbocycles. The van der Waals surface area contributed by atoms with Gasteiger partial charge in [0.05, 0.1) is 17.2 Å². The van der Waals surface area contributed by atoms with Gasteiger partial charge in [0.15, 0.2) is 6.29 Å². The maximum atomic E-state index is 10.7. The highest BCUT2D eigenvalue weighted by Gasteiger charge is 2.08. The van der Waals surface area contributed by atoms with E-state index in [1.54, 1.807) is 18.2 Å². The maximum absolute atomic E-state index is 10.7. The van der Waals surface area contributed by atoms with Crippen molar-refractivity contribution >= 4 is 17.9 Å². The van der Waals surface area contributed by atoms with E-state index in [9.17, 15) is 4.79 Å². The summed E-state index contributed by atoms with van der Waals surface area (Å²) >= 11 is 5.82. The molecule has 82 valence electrons. The van der Waals surface area contributed by atoms with Crippen molar-refractivity contribution in [1.82, 2.24) is 0 Å². The average Bonchev–Trinajstić information content (AvgIpc) is 2.25. The minimum atomic E-state index is 0.0310. The smallest absolute Gasteiger partial charge is 0.155 e. The fourth-order valence-electron chi connectivity index (χ4n) is 1.04. The van der Waals surface area contributed by atoms with Gasteiger partial charge in [0.1, 0.15) is 5.75 Å². The molecule has 0 bridgehead atoms. The number of carbonyl (C=O) groups is 1. The molecule has 1 aromatic carbocycles. The van der Waals surface area contributed by atoms with Gasteiger partial charge in [0, 0.05) is 12.5 Å². The number of halogens is 1. The largest absolute Gasteiger partial charge is 0.492 e. The Morgan fingerprint density at radius 2 is 2.33 bits per heavy atom. The zero-order chi connectivity index (χ0) is 11.3. The molecule has 1 atom stereocenters.